The molecule has 2 aromatic carbocycles. The number of benzene rings is 2. The average Bonchev–Trinajstić information content (AvgIpc) is 2.92. The number of carbonyl (C=O) groups is 1. The van der Waals surface area contributed by atoms with Crippen LogP contribution in [0.25, 0.3) is 22.3 Å². The summed E-state index contributed by atoms with van der Waals surface area (Å²) in [6, 6.07) is 20.3. The van der Waals surface area contributed by atoms with Gasteiger partial charge in [0.1, 0.15) is 0 Å². The summed E-state index contributed by atoms with van der Waals surface area (Å²) in [6.45, 7) is 3.11. The predicted octanol–water partition coefficient (Wildman–Crippen LogP) is 8.84. The first-order chi connectivity index (χ1) is 18.7. The van der Waals surface area contributed by atoms with E-state index in [0.717, 1.165) is 59.7 Å². The SMILES string of the molecule is CCCCCc1ccc(-c2cc(C(CCCC(=O)O)CCOC(C)C(F)(F)F)ccc2-c2ccccc2)cn1. The lowest BCUT2D eigenvalue weighted by molar-refractivity contribution is -0.214. The maximum absolute atomic E-state index is 13.0. The molecular weight excluding hydrogens is 503 g/mol. The number of unbranched alkanes of at least 4 members (excludes halogenated alkanes) is 2. The van der Waals surface area contributed by atoms with Gasteiger partial charge in [0.25, 0.3) is 0 Å². The van der Waals surface area contributed by atoms with Gasteiger partial charge in [0.05, 0.1) is 0 Å². The standard InChI is InChI=1S/C32H38F3NO3/c1-3-4-6-13-28-17-15-27(22-36-28)30-21-26(16-18-29(30)25-10-7-5-8-11-25)24(12-9-14-31(37)38)19-20-39-23(2)32(33,34)35/h5,7-8,10-11,15-18,21-24H,3-4,6,9,12-14,19-20H2,1-2H3,(H,37,38). The number of halogens is 3. The second kappa shape index (κ2) is 14.8. The lowest BCUT2D eigenvalue weighted by atomic mass is 9.86. The first-order valence-electron chi connectivity index (χ1n) is 13.7. The minimum atomic E-state index is -4.42. The molecule has 0 aliphatic carbocycles. The summed E-state index contributed by atoms with van der Waals surface area (Å²) in [4.78, 5) is 15.8. The van der Waals surface area contributed by atoms with Gasteiger partial charge in [-0.2, -0.15) is 13.2 Å². The predicted molar refractivity (Wildman–Crippen MR) is 149 cm³/mol. The summed E-state index contributed by atoms with van der Waals surface area (Å²) in [7, 11) is 0. The van der Waals surface area contributed by atoms with Crippen molar-refractivity contribution in [3.05, 3.63) is 78.1 Å². The highest BCUT2D eigenvalue weighted by atomic mass is 19.4. The molecule has 3 rings (SSSR count). The second-order valence-electron chi connectivity index (χ2n) is 9.99. The monoisotopic (exact) mass is 541 g/mol. The van der Waals surface area contributed by atoms with Crippen molar-refractivity contribution in [2.24, 2.45) is 0 Å². The van der Waals surface area contributed by atoms with Crippen molar-refractivity contribution in [2.75, 3.05) is 6.61 Å². The maximum atomic E-state index is 13.0. The molecule has 0 fully saturated rings. The van der Waals surface area contributed by atoms with Crippen molar-refractivity contribution in [3.8, 4) is 22.3 Å². The van der Waals surface area contributed by atoms with Gasteiger partial charge >= 0.3 is 12.1 Å². The van der Waals surface area contributed by atoms with Crippen LogP contribution in [0.15, 0.2) is 66.9 Å². The van der Waals surface area contributed by atoms with Gasteiger partial charge in [-0.15, -0.1) is 0 Å². The molecule has 0 aliphatic heterocycles. The van der Waals surface area contributed by atoms with Crippen LogP contribution in [0.2, 0.25) is 0 Å². The molecule has 0 amide bonds. The average molecular weight is 542 g/mol. The summed E-state index contributed by atoms with van der Waals surface area (Å²) in [5, 5.41) is 9.12. The van der Waals surface area contributed by atoms with Crippen LogP contribution in [0.1, 0.15) is 76.0 Å². The molecule has 4 nitrogen and oxygen atoms in total. The molecule has 0 saturated carbocycles. The van der Waals surface area contributed by atoms with Crippen molar-refractivity contribution in [1.29, 1.82) is 0 Å². The zero-order chi connectivity index (χ0) is 28.3. The minimum absolute atomic E-state index is 0.00861. The molecule has 2 unspecified atom stereocenters. The van der Waals surface area contributed by atoms with E-state index >= 15 is 0 Å². The molecule has 1 heterocycles. The fourth-order valence-electron chi connectivity index (χ4n) is 4.67. The number of nitrogens with zero attached hydrogens (tertiary/aromatic N) is 1. The van der Waals surface area contributed by atoms with Crippen LogP contribution < -0.4 is 0 Å². The zero-order valence-electron chi connectivity index (χ0n) is 22.7. The van der Waals surface area contributed by atoms with E-state index in [1.807, 2.05) is 48.7 Å². The molecule has 1 N–H and O–H groups in total. The van der Waals surface area contributed by atoms with Crippen molar-refractivity contribution in [3.63, 3.8) is 0 Å². The van der Waals surface area contributed by atoms with Gasteiger partial charge in [-0.1, -0.05) is 74.4 Å². The number of aliphatic carboxylic acids is 1. The molecule has 210 valence electrons. The quantitative estimate of drug-likeness (QED) is 0.195. The molecule has 3 aromatic rings. The number of aryl methyl sites for hydroxylation is 1. The van der Waals surface area contributed by atoms with E-state index in [4.69, 9.17) is 14.8 Å². The molecule has 2 atom stereocenters. The van der Waals surface area contributed by atoms with Crippen LogP contribution in [0, 0.1) is 0 Å². The van der Waals surface area contributed by atoms with Gasteiger partial charge in [0.2, 0.25) is 0 Å². The third-order valence-electron chi connectivity index (χ3n) is 7.01. The van der Waals surface area contributed by atoms with Gasteiger partial charge in [0.15, 0.2) is 6.10 Å². The van der Waals surface area contributed by atoms with E-state index in [0.29, 0.717) is 19.3 Å². The summed E-state index contributed by atoms with van der Waals surface area (Å²) in [5.74, 6) is -1.03. The summed E-state index contributed by atoms with van der Waals surface area (Å²) < 4.78 is 44.0. The smallest absolute Gasteiger partial charge is 0.414 e. The van der Waals surface area contributed by atoms with E-state index in [1.54, 1.807) is 0 Å². The third-order valence-corrected chi connectivity index (χ3v) is 7.01. The normalized spacial score (nSPS) is 13.3. The molecule has 0 radical (unpaired) electrons. The lowest BCUT2D eigenvalue weighted by Crippen LogP contribution is -2.29. The van der Waals surface area contributed by atoms with E-state index in [2.05, 4.69) is 25.1 Å². The number of rotatable bonds is 15. The van der Waals surface area contributed by atoms with Crippen LogP contribution in [-0.2, 0) is 16.0 Å². The highest BCUT2D eigenvalue weighted by molar-refractivity contribution is 5.83. The number of alkyl halides is 3. The van der Waals surface area contributed by atoms with Crippen molar-refractivity contribution < 1.29 is 27.8 Å². The van der Waals surface area contributed by atoms with Crippen LogP contribution in [0.4, 0.5) is 13.2 Å². The first-order valence-corrected chi connectivity index (χ1v) is 13.7. The largest absolute Gasteiger partial charge is 0.481 e. The number of ether oxygens (including phenoxy) is 1. The van der Waals surface area contributed by atoms with Crippen LogP contribution >= 0.6 is 0 Å². The number of carboxylic acids is 1. The molecule has 0 bridgehead atoms. The molecule has 0 spiro atoms. The highest BCUT2D eigenvalue weighted by Crippen LogP contribution is 2.37. The fraction of sp³-hybridized carbons (Fsp3) is 0.438. The molecule has 39 heavy (non-hydrogen) atoms. The van der Waals surface area contributed by atoms with Crippen molar-refractivity contribution >= 4 is 5.97 Å². The number of pyridine rings is 1. The van der Waals surface area contributed by atoms with Crippen LogP contribution in [-0.4, -0.2) is 34.9 Å². The number of hydrogen-bond donors (Lipinski definition) is 1. The maximum Gasteiger partial charge on any atom is 0.414 e. The van der Waals surface area contributed by atoms with Crippen LogP contribution in [0.5, 0.6) is 0 Å². The van der Waals surface area contributed by atoms with Gasteiger partial charge in [-0.3, -0.25) is 9.78 Å². The second-order valence-corrected chi connectivity index (χ2v) is 9.99. The van der Waals surface area contributed by atoms with E-state index in [1.165, 1.54) is 6.42 Å². The third kappa shape index (κ3) is 9.50. The summed E-state index contributed by atoms with van der Waals surface area (Å²) >= 11 is 0. The molecule has 1 aromatic heterocycles. The fourth-order valence-corrected chi connectivity index (χ4v) is 4.67. The Morgan fingerprint density at radius 3 is 2.36 bits per heavy atom. The van der Waals surface area contributed by atoms with E-state index in [-0.39, 0.29) is 18.9 Å². The Bertz CT molecular complexity index is 1160. The molecule has 0 saturated heterocycles. The van der Waals surface area contributed by atoms with E-state index in [9.17, 15) is 18.0 Å². The topological polar surface area (TPSA) is 59.4 Å². The number of carboxylic acid groups (broad SMARTS) is 1. The highest BCUT2D eigenvalue weighted by Gasteiger charge is 2.36. The number of aromatic nitrogens is 1. The Hall–Kier alpha value is -3.19. The van der Waals surface area contributed by atoms with Gasteiger partial charge in [-0.25, -0.2) is 0 Å². The Kier molecular flexibility index (Phi) is 11.5. The van der Waals surface area contributed by atoms with E-state index < -0.39 is 18.2 Å². The molecule has 7 heteroatoms. The van der Waals surface area contributed by atoms with Crippen molar-refractivity contribution in [1.82, 2.24) is 4.98 Å². The zero-order valence-corrected chi connectivity index (χ0v) is 22.7. The summed E-state index contributed by atoms with van der Waals surface area (Å²) in [5.41, 5.74) is 6.03. The lowest BCUT2D eigenvalue weighted by Gasteiger charge is -2.22. The first kappa shape index (κ1) is 30.4. The number of hydrogen-bond acceptors (Lipinski definition) is 3. The Morgan fingerprint density at radius 1 is 0.949 bits per heavy atom. The van der Waals surface area contributed by atoms with Crippen molar-refractivity contribution in [2.45, 2.75) is 83.4 Å². The van der Waals surface area contributed by atoms with Gasteiger partial charge in [-0.05, 0) is 73.3 Å². The van der Waals surface area contributed by atoms with Gasteiger partial charge in [0, 0.05) is 30.5 Å². The summed E-state index contributed by atoms with van der Waals surface area (Å²) in [6.07, 6.45) is 1.30. The minimum Gasteiger partial charge on any atom is -0.481 e. The Morgan fingerprint density at radius 2 is 1.72 bits per heavy atom. The van der Waals surface area contributed by atoms with Gasteiger partial charge < -0.3 is 9.84 Å². The van der Waals surface area contributed by atoms with Crippen LogP contribution in [0.3, 0.4) is 0 Å². The Balaban J connectivity index is 1.92. The molecule has 0 aliphatic rings. The molecular formula is C32H38F3NO3. The Labute approximate surface area is 229 Å².